The van der Waals surface area contributed by atoms with Gasteiger partial charge in [0, 0.05) is 11.1 Å². The smallest absolute Gasteiger partial charge is 0.339 e. The van der Waals surface area contributed by atoms with Crippen molar-refractivity contribution in [3.8, 4) is 0 Å². The van der Waals surface area contributed by atoms with Gasteiger partial charge < -0.3 is 10.4 Å². The SMILES string of the molecule is Cc1cnc(C(C)NC(=O)NOCC(=O)O)s1. The Morgan fingerprint density at radius 3 is 2.88 bits per heavy atom. The van der Waals surface area contributed by atoms with Crippen molar-refractivity contribution in [3.63, 3.8) is 0 Å². The fourth-order valence-electron chi connectivity index (χ4n) is 1.02. The molecule has 2 amide bonds. The van der Waals surface area contributed by atoms with Crippen molar-refractivity contribution in [2.24, 2.45) is 0 Å². The molecular weight excluding hydrogens is 246 g/mol. The Balaban J connectivity index is 2.33. The lowest BCUT2D eigenvalue weighted by Crippen LogP contribution is -2.37. The number of nitrogens with one attached hydrogen (secondary N) is 2. The zero-order chi connectivity index (χ0) is 12.8. The molecule has 1 unspecified atom stereocenters. The molecular formula is C9H13N3O4S. The number of hydrogen-bond acceptors (Lipinski definition) is 5. The highest BCUT2D eigenvalue weighted by molar-refractivity contribution is 7.11. The number of aromatic nitrogens is 1. The summed E-state index contributed by atoms with van der Waals surface area (Å²) in [6, 6.07) is -0.867. The highest BCUT2D eigenvalue weighted by Gasteiger charge is 2.12. The second-order valence-electron chi connectivity index (χ2n) is 3.29. The van der Waals surface area contributed by atoms with Crippen molar-refractivity contribution in [2.45, 2.75) is 19.9 Å². The normalized spacial score (nSPS) is 11.9. The number of urea groups is 1. The number of carbonyl (C=O) groups excluding carboxylic acids is 1. The fraction of sp³-hybridized carbons (Fsp3) is 0.444. The van der Waals surface area contributed by atoms with Crippen molar-refractivity contribution in [3.05, 3.63) is 16.1 Å². The molecule has 0 bridgehead atoms. The molecule has 1 rings (SSSR count). The van der Waals surface area contributed by atoms with Gasteiger partial charge in [-0.3, -0.25) is 4.84 Å². The van der Waals surface area contributed by atoms with E-state index >= 15 is 0 Å². The van der Waals surface area contributed by atoms with Crippen LogP contribution in [0.3, 0.4) is 0 Å². The van der Waals surface area contributed by atoms with Crippen LogP contribution in [-0.4, -0.2) is 28.7 Å². The van der Waals surface area contributed by atoms with Crippen LogP contribution in [0.15, 0.2) is 6.20 Å². The third-order valence-corrected chi connectivity index (χ3v) is 2.81. The summed E-state index contributed by atoms with van der Waals surface area (Å²) in [5.41, 5.74) is 1.97. The molecule has 17 heavy (non-hydrogen) atoms. The van der Waals surface area contributed by atoms with Crippen molar-refractivity contribution in [1.29, 1.82) is 0 Å². The summed E-state index contributed by atoms with van der Waals surface area (Å²) >= 11 is 1.48. The molecule has 1 heterocycles. The average Bonchev–Trinajstić information content (AvgIpc) is 2.64. The van der Waals surface area contributed by atoms with Crippen LogP contribution in [0, 0.1) is 6.92 Å². The predicted octanol–water partition coefficient (Wildman–Crippen LogP) is 0.828. The molecule has 0 saturated heterocycles. The van der Waals surface area contributed by atoms with Crippen molar-refractivity contribution < 1.29 is 19.5 Å². The second kappa shape index (κ2) is 6.16. The maximum Gasteiger partial charge on any atom is 0.339 e. The van der Waals surface area contributed by atoms with Gasteiger partial charge in [-0.2, -0.15) is 0 Å². The Bertz CT molecular complexity index is 407. The molecule has 94 valence electrons. The molecule has 7 nitrogen and oxygen atoms in total. The standard InChI is InChI=1S/C9H13N3O4S/c1-5-3-10-8(17-5)6(2)11-9(15)12-16-4-7(13)14/h3,6H,4H2,1-2H3,(H,13,14)(H2,11,12,15). The summed E-state index contributed by atoms with van der Waals surface area (Å²) in [5.74, 6) is -1.16. The molecule has 0 aromatic carbocycles. The van der Waals surface area contributed by atoms with Gasteiger partial charge in [-0.1, -0.05) is 0 Å². The molecule has 0 aliphatic rings. The van der Waals surface area contributed by atoms with E-state index in [0.29, 0.717) is 0 Å². The highest BCUT2D eigenvalue weighted by Crippen LogP contribution is 2.18. The summed E-state index contributed by atoms with van der Waals surface area (Å²) in [6.45, 7) is 3.11. The van der Waals surface area contributed by atoms with E-state index in [1.54, 1.807) is 13.1 Å². The van der Waals surface area contributed by atoms with Gasteiger partial charge in [0.2, 0.25) is 0 Å². The van der Waals surface area contributed by atoms with Crippen LogP contribution < -0.4 is 10.8 Å². The van der Waals surface area contributed by atoms with Gasteiger partial charge in [0.05, 0.1) is 6.04 Å². The molecule has 8 heteroatoms. The Kier molecular flexibility index (Phi) is 4.85. The molecule has 0 aliphatic heterocycles. The third-order valence-electron chi connectivity index (χ3n) is 1.72. The number of aliphatic carboxylic acids is 1. The minimum atomic E-state index is -1.16. The first-order chi connectivity index (χ1) is 7.99. The van der Waals surface area contributed by atoms with E-state index in [1.807, 2.05) is 12.4 Å². The molecule has 0 aliphatic carbocycles. The Hall–Kier alpha value is -1.67. The quantitative estimate of drug-likeness (QED) is 0.680. The zero-order valence-corrected chi connectivity index (χ0v) is 10.2. The number of nitrogens with zero attached hydrogens (tertiary/aromatic N) is 1. The van der Waals surface area contributed by atoms with Gasteiger partial charge in [-0.15, -0.1) is 11.3 Å². The number of rotatable bonds is 5. The van der Waals surface area contributed by atoms with E-state index in [1.165, 1.54) is 11.3 Å². The van der Waals surface area contributed by atoms with Gasteiger partial charge >= 0.3 is 12.0 Å². The first-order valence-corrected chi connectivity index (χ1v) is 5.63. The Morgan fingerprint density at radius 2 is 2.35 bits per heavy atom. The topological polar surface area (TPSA) is 101 Å². The van der Waals surface area contributed by atoms with Crippen LogP contribution in [0.5, 0.6) is 0 Å². The van der Waals surface area contributed by atoms with Gasteiger partial charge in [0.25, 0.3) is 0 Å². The maximum absolute atomic E-state index is 11.3. The van der Waals surface area contributed by atoms with E-state index < -0.39 is 18.6 Å². The van der Waals surface area contributed by atoms with E-state index in [-0.39, 0.29) is 6.04 Å². The largest absolute Gasteiger partial charge is 0.479 e. The summed E-state index contributed by atoms with van der Waals surface area (Å²) in [7, 11) is 0. The summed E-state index contributed by atoms with van der Waals surface area (Å²) < 4.78 is 0. The lowest BCUT2D eigenvalue weighted by atomic mass is 10.4. The average molecular weight is 259 g/mol. The molecule has 0 saturated carbocycles. The molecule has 1 aromatic rings. The van der Waals surface area contributed by atoms with E-state index in [4.69, 9.17) is 5.11 Å². The fourth-order valence-corrected chi connectivity index (χ4v) is 1.80. The maximum atomic E-state index is 11.3. The van der Waals surface area contributed by atoms with Crippen LogP contribution in [0.1, 0.15) is 22.9 Å². The number of hydrogen-bond donors (Lipinski definition) is 3. The first-order valence-electron chi connectivity index (χ1n) is 4.81. The molecule has 1 aromatic heterocycles. The van der Waals surface area contributed by atoms with Crippen LogP contribution in [0.25, 0.3) is 0 Å². The van der Waals surface area contributed by atoms with Gasteiger partial charge in [-0.25, -0.2) is 20.1 Å². The van der Waals surface area contributed by atoms with Gasteiger partial charge in [0.1, 0.15) is 5.01 Å². The van der Waals surface area contributed by atoms with Crippen molar-refractivity contribution >= 4 is 23.3 Å². The number of amides is 2. The second-order valence-corrected chi connectivity index (χ2v) is 4.56. The molecule has 0 radical (unpaired) electrons. The number of hydroxylamine groups is 1. The number of carboxylic acid groups (broad SMARTS) is 1. The van der Waals surface area contributed by atoms with E-state index in [9.17, 15) is 9.59 Å². The van der Waals surface area contributed by atoms with Crippen molar-refractivity contribution in [1.82, 2.24) is 15.8 Å². The minimum absolute atomic E-state index is 0.262. The number of carboxylic acids is 1. The van der Waals surface area contributed by atoms with Crippen LogP contribution in [0.2, 0.25) is 0 Å². The minimum Gasteiger partial charge on any atom is -0.479 e. The van der Waals surface area contributed by atoms with Crippen molar-refractivity contribution in [2.75, 3.05) is 6.61 Å². The van der Waals surface area contributed by atoms with E-state index in [0.717, 1.165) is 9.88 Å². The molecule has 3 N–H and O–H groups in total. The lowest BCUT2D eigenvalue weighted by molar-refractivity contribution is -0.144. The number of carbonyl (C=O) groups is 2. The first kappa shape index (κ1) is 13.4. The summed E-state index contributed by atoms with van der Waals surface area (Å²) in [4.78, 5) is 31.0. The van der Waals surface area contributed by atoms with Crippen LogP contribution >= 0.6 is 11.3 Å². The summed E-state index contributed by atoms with van der Waals surface area (Å²) in [6.07, 6.45) is 1.72. The van der Waals surface area contributed by atoms with Crippen LogP contribution in [-0.2, 0) is 9.63 Å². The Labute approximate surface area is 102 Å². The number of thiazole rings is 1. The zero-order valence-electron chi connectivity index (χ0n) is 9.39. The van der Waals surface area contributed by atoms with E-state index in [2.05, 4.69) is 15.1 Å². The van der Waals surface area contributed by atoms with Gasteiger partial charge in [0.15, 0.2) is 6.61 Å². The number of aryl methyl sites for hydroxylation is 1. The molecule has 0 spiro atoms. The summed E-state index contributed by atoms with van der Waals surface area (Å²) in [5, 5.41) is 11.6. The highest BCUT2D eigenvalue weighted by atomic mass is 32.1. The van der Waals surface area contributed by atoms with Crippen LogP contribution in [0.4, 0.5) is 4.79 Å². The molecule has 0 fully saturated rings. The third kappa shape index (κ3) is 4.79. The lowest BCUT2D eigenvalue weighted by Gasteiger charge is -2.11. The monoisotopic (exact) mass is 259 g/mol. The van der Waals surface area contributed by atoms with Gasteiger partial charge in [-0.05, 0) is 13.8 Å². The Morgan fingerprint density at radius 1 is 1.65 bits per heavy atom. The predicted molar refractivity (Wildman–Crippen MR) is 60.5 cm³/mol. The molecule has 1 atom stereocenters.